The molecule has 12 heteroatoms. The highest BCUT2D eigenvalue weighted by atomic mass is 19.4. The van der Waals surface area contributed by atoms with Crippen molar-refractivity contribution in [2.24, 2.45) is 0 Å². The van der Waals surface area contributed by atoms with Gasteiger partial charge in [-0.1, -0.05) is 0 Å². The lowest BCUT2D eigenvalue weighted by atomic mass is 10.1. The van der Waals surface area contributed by atoms with E-state index in [9.17, 15) is 27.6 Å². The number of hydrogen-bond donors (Lipinski definition) is 0. The van der Waals surface area contributed by atoms with E-state index < -0.39 is 29.1 Å². The average molecular weight is 503 g/mol. The van der Waals surface area contributed by atoms with Crippen LogP contribution in [0.3, 0.4) is 0 Å². The zero-order valence-corrected chi connectivity index (χ0v) is 19.5. The molecule has 0 N–H and O–H groups in total. The number of carbonyl (C=O) groups excluding carboxylic acids is 2. The molecule has 0 bridgehead atoms. The number of rotatable bonds is 6. The molecule has 190 valence electrons. The Morgan fingerprint density at radius 3 is 2.25 bits per heavy atom. The maximum absolute atomic E-state index is 13.2. The van der Waals surface area contributed by atoms with Crippen molar-refractivity contribution in [3.05, 3.63) is 69.8 Å². The van der Waals surface area contributed by atoms with E-state index in [2.05, 4.69) is 9.97 Å². The third kappa shape index (κ3) is 5.23. The Balaban J connectivity index is 1.48. The van der Waals surface area contributed by atoms with Crippen molar-refractivity contribution in [1.29, 1.82) is 0 Å². The number of amides is 2. The van der Waals surface area contributed by atoms with Crippen LogP contribution in [0.2, 0.25) is 0 Å². The molecular formula is C24H24F3N5O4. The lowest BCUT2D eigenvalue weighted by molar-refractivity contribution is -0.137. The van der Waals surface area contributed by atoms with E-state index in [1.807, 2.05) is 0 Å². The molecule has 1 aliphatic rings. The zero-order valence-electron chi connectivity index (χ0n) is 19.5. The van der Waals surface area contributed by atoms with E-state index in [0.29, 0.717) is 30.7 Å². The Morgan fingerprint density at radius 2 is 1.64 bits per heavy atom. The summed E-state index contributed by atoms with van der Waals surface area (Å²) in [6, 6.07) is 7.35. The molecule has 3 heterocycles. The number of pyridine rings is 1. The highest BCUT2D eigenvalue weighted by Gasteiger charge is 2.31. The highest BCUT2D eigenvalue weighted by molar-refractivity contribution is 5.95. The molecule has 0 spiro atoms. The van der Waals surface area contributed by atoms with Gasteiger partial charge >= 0.3 is 6.18 Å². The summed E-state index contributed by atoms with van der Waals surface area (Å²) in [6.07, 6.45) is -2.39. The SMILES string of the molecule is COCCCn1c(=O)c(C(=O)N2CCN(C(=O)c3ccc(C(F)(F)F)cc3)CC2)nc2cccnc21. The number of fused-ring (bicyclic) bond motifs is 1. The summed E-state index contributed by atoms with van der Waals surface area (Å²) >= 11 is 0. The lowest BCUT2D eigenvalue weighted by Crippen LogP contribution is -2.51. The summed E-state index contributed by atoms with van der Waals surface area (Å²) in [5, 5.41) is 0. The fourth-order valence-electron chi connectivity index (χ4n) is 4.04. The summed E-state index contributed by atoms with van der Waals surface area (Å²) in [5.41, 5.74) is -0.692. The van der Waals surface area contributed by atoms with E-state index in [4.69, 9.17) is 4.74 Å². The highest BCUT2D eigenvalue weighted by Crippen LogP contribution is 2.29. The van der Waals surface area contributed by atoms with E-state index >= 15 is 0 Å². The van der Waals surface area contributed by atoms with Gasteiger partial charge < -0.3 is 14.5 Å². The van der Waals surface area contributed by atoms with Crippen LogP contribution in [0.1, 0.15) is 32.8 Å². The first-order valence-electron chi connectivity index (χ1n) is 11.3. The lowest BCUT2D eigenvalue weighted by Gasteiger charge is -2.34. The average Bonchev–Trinajstić information content (AvgIpc) is 2.88. The second kappa shape index (κ2) is 10.4. The summed E-state index contributed by atoms with van der Waals surface area (Å²) in [7, 11) is 1.56. The molecule has 1 aliphatic heterocycles. The van der Waals surface area contributed by atoms with Crippen LogP contribution < -0.4 is 5.56 Å². The van der Waals surface area contributed by atoms with E-state index in [1.54, 1.807) is 25.4 Å². The zero-order chi connectivity index (χ0) is 25.9. The molecular weight excluding hydrogens is 479 g/mol. The molecule has 1 aromatic carbocycles. The van der Waals surface area contributed by atoms with Gasteiger partial charge in [-0.3, -0.25) is 19.0 Å². The topological polar surface area (TPSA) is 97.6 Å². The van der Waals surface area contributed by atoms with Crippen molar-refractivity contribution in [2.75, 3.05) is 39.9 Å². The molecule has 36 heavy (non-hydrogen) atoms. The largest absolute Gasteiger partial charge is 0.416 e. The van der Waals surface area contributed by atoms with Crippen molar-refractivity contribution in [2.45, 2.75) is 19.1 Å². The van der Waals surface area contributed by atoms with Crippen LogP contribution in [0, 0.1) is 0 Å². The number of alkyl halides is 3. The third-order valence-corrected chi connectivity index (χ3v) is 5.95. The van der Waals surface area contributed by atoms with Gasteiger partial charge in [0, 0.05) is 58.2 Å². The molecule has 0 aliphatic carbocycles. The van der Waals surface area contributed by atoms with Crippen molar-refractivity contribution < 1.29 is 27.5 Å². The Morgan fingerprint density at radius 1 is 1.00 bits per heavy atom. The van der Waals surface area contributed by atoms with Crippen LogP contribution in [0.5, 0.6) is 0 Å². The maximum Gasteiger partial charge on any atom is 0.416 e. The van der Waals surface area contributed by atoms with Gasteiger partial charge in [-0.2, -0.15) is 13.2 Å². The number of nitrogens with zero attached hydrogens (tertiary/aromatic N) is 5. The van der Waals surface area contributed by atoms with Crippen LogP contribution in [-0.2, 0) is 17.5 Å². The van der Waals surface area contributed by atoms with Gasteiger partial charge in [0.15, 0.2) is 11.3 Å². The van der Waals surface area contributed by atoms with E-state index in [-0.39, 0.29) is 37.4 Å². The smallest absolute Gasteiger partial charge is 0.385 e. The van der Waals surface area contributed by atoms with Crippen molar-refractivity contribution in [1.82, 2.24) is 24.3 Å². The molecule has 0 atom stereocenters. The van der Waals surface area contributed by atoms with Crippen LogP contribution in [0.25, 0.3) is 11.2 Å². The molecule has 0 radical (unpaired) electrons. The Hall–Kier alpha value is -3.80. The van der Waals surface area contributed by atoms with Gasteiger partial charge in [0.2, 0.25) is 0 Å². The Labute approximate surface area is 204 Å². The number of ether oxygens (including phenoxy) is 1. The molecule has 4 rings (SSSR count). The maximum atomic E-state index is 13.2. The van der Waals surface area contributed by atoms with Gasteiger partial charge in [0.25, 0.3) is 17.4 Å². The molecule has 1 fully saturated rings. The number of piperazine rings is 1. The second-order valence-corrected chi connectivity index (χ2v) is 8.27. The van der Waals surface area contributed by atoms with Crippen molar-refractivity contribution >= 4 is 23.0 Å². The molecule has 3 aromatic rings. The van der Waals surface area contributed by atoms with Gasteiger partial charge in [-0.05, 0) is 42.8 Å². The number of aryl methyl sites for hydroxylation is 1. The van der Waals surface area contributed by atoms with Gasteiger partial charge in [-0.25, -0.2) is 9.97 Å². The minimum Gasteiger partial charge on any atom is -0.385 e. The van der Waals surface area contributed by atoms with Gasteiger partial charge in [0.1, 0.15) is 5.52 Å². The third-order valence-electron chi connectivity index (χ3n) is 5.95. The minimum absolute atomic E-state index is 0.130. The summed E-state index contributed by atoms with van der Waals surface area (Å²) in [4.78, 5) is 50.5. The molecule has 9 nitrogen and oxygen atoms in total. The standard InChI is InChI=1S/C24H24F3N5O4/c1-36-15-3-10-32-20-18(4-2-9-28-20)29-19(23(32)35)22(34)31-13-11-30(12-14-31)21(33)16-5-7-17(8-6-16)24(25,26)27/h2,4-9H,3,10-15H2,1H3. The summed E-state index contributed by atoms with van der Waals surface area (Å²) in [6.45, 7) is 1.38. The van der Waals surface area contributed by atoms with Gasteiger partial charge in [0.05, 0.1) is 5.56 Å². The number of carbonyl (C=O) groups is 2. The second-order valence-electron chi connectivity index (χ2n) is 8.27. The van der Waals surface area contributed by atoms with Crippen LogP contribution in [0.15, 0.2) is 47.4 Å². The first-order valence-corrected chi connectivity index (χ1v) is 11.3. The number of aromatic nitrogens is 3. The van der Waals surface area contributed by atoms with Crippen molar-refractivity contribution in [3.8, 4) is 0 Å². The molecule has 2 aromatic heterocycles. The Kier molecular flexibility index (Phi) is 7.34. The number of halogens is 3. The van der Waals surface area contributed by atoms with Gasteiger partial charge in [-0.15, -0.1) is 0 Å². The first kappa shape index (κ1) is 25.3. The number of methoxy groups -OCH3 is 1. The Bertz CT molecular complexity index is 1320. The molecule has 0 unspecified atom stereocenters. The van der Waals surface area contributed by atoms with Crippen molar-refractivity contribution in [3.63, 3.8) is 0 Å². The fourth-order valence-corrected chi connectivity index (χ4v) is 4.04. The van der Waals surface area contributed by atoms with Crippen LogP contribution in [-0.4, -0.2) is 76.0 Å². The molecule has 1 saturated heterocycles. The fraction of sp³-hybridized carbons (Fsp3) is 0.375. The quantitative estimate of drug-likeness (QED) is 0.480. The minimum atomic E-state index is -4.48. The van der Waals surface area contributed by atoms with Crippen LogP contribution >= 0.6 is 0 Å². The normalized spacial score (nSPS) is 14.3. The van der Waals surface area contributed by atoms with Crippen LogP contribution in [0.4, 0.5) is 13.2 Å². The van der Waals surface area contributed by atoms with E-state index in [0.717, 1.165) is 24.3 Å². The summed E-state index contributed by atoms with van der Waals surface area (Å²) < 4.78 is 44.8. The number of benzene rings is 1. The molecule has 2 amide bonds. The van der Waals surface area contributed by atoms with E-state index in [1.165, 1.54) is 14.4 Å². The molecule has 0 saturated carbocycles. The monoisotopic (exact) mass is 503 g/mol. The predicted octanol–water partition coefficient (Wildman–Crippen LogP) is 2.45. The number of hydrogen-bond acceptors (Lipinski definition) is 6. The summed E-state index contributed by atoms with van der Waals surface area (Å²) in [5.74, 6) is -0.973. The first-order chi connectivity index (χ1) is 17.2. The predicted molar refractivity (Wildman–Crippen MR) is 124 cm³/mol.